The van der Waals surface area contributed by atoms with E-state index in [4.69, 9.17) is 5.73 Å². The Morgan fingerprint density at radius 1 is 1.47 bits per heavy atom. The van der Waals surface area contributed by atoms with Gasteiger partial charge in [0.15, 0.2) is 0 Å². The summed E-state index contributed by atoms with van der Waals surface area (Å²) in [5, 5.41) is 8.23. The molecule has 8 heteroatoms. The number of nitrogen functional groups attached to an aromatic ring is 1. The van der Waals surface area contributed by atoms with Crippen LogP contribution in [0.15, 0.2) is 23.1 Å². The monoisotopic (exact) mass is 248 g/mol. The Labute approximate surface area is 99.1 Å². The average Bonchev–Trinajstić information content (AvgIpc) is 2.83. The van der Waals surface area contributed by atoms with Crippen LogP contribution in [0, 0.1) is 0 Å². The van der Waals surface area contributed by atoms with Crippen LogP contribution < -0.4 is 11.3 Å². The number of rotatable bonds is 1. The van der Waals surface area contributed by atoms with Gasteiger partial charge in [0, 0.05) is 19.3 Å². The molecule has 0 aliphatic rings. The van der Waals surface area contributed by atoms with Crippen LogP contribution in [0.2, 0.25) is 0 Å². The maximum atomic E-state index is 11.8. The Bertz CT molecular complexity index is 754. The molecular formula is C9H8N6OS. The molecule has 0 saturated heterocycles. The van der Waals surface area contributed by atoms with Gasteiger partial charge in [-0.1, -0.05) is 11.3 Å². The van der Waals surface area contributed by atoms with Crippen molar-refractivity contribution in [2.24, 2.45) is 7.05 Å². The first-order valence-electron chi connectivity index (χ1n) is 4.80. The molecule has 0 atom stereocenters. The molecule has 0 amide bonds. The van der Waals surface area contributed by atoms with Crippen LogP contribution in [0.5, 0.6) is 0 Å². The van der Waals surface area contributed by atoms with Crippen molar-refractivity contribution in [1.82, 2.24) is 24.4 Å². The Balaban J connectivity index is 2.32. The molecule has 0 aliphatic carbocycles. The van der Waals surface area contributed by atoms with Gasteiger partial charge in [0.25, 0.3) is 5.56 Å². The van der Waals surface area contributed by atoms with Gasteiger partial charge in [-0.05, 0) is 6.07 Å². The first-order valence-corrected chi connectivity index (χ1v) is 5.61. The summed E-state index contributed by atoms with van der Waals surface area (Å²) >= 11 is 1.17. The Kier molecular flexibility index (Phi) is 1.99. The lowest BCUT2D eigenvalue weighted by molar-refractivity contribution is 0.772. The summed E-state index contributed by atoms with van der Waals surface area (Å²) in [5.74, 6) is 0. The van der Waals surface area contributed by atoms with E-state index >= 15 is 0 Å². The zero-order valence-corrected chi connectivity index (χ0v) is 9.68. The third-order valence-electron chi connectivity index (χ3n) is 2.34. The zero-order valence-electron chi connectivity index (χ0n) is 8.86. The molecule has 0 fully saturated rings. The highest BCUT2D eigenvalue weighted by atomic mass is 32.1. The quantitative estimate of drug-likeness (QED) is 0.661. The largest absolute Gasteiger partial charge is 0.374 e. The van der Waals surface area contributed by atoms with E-state index < -0.39 is 0 Å². The molecule has 0 radical (unpaired) electrons. The normalized spacial score (nSPS) is 11.1. The number of aryl methyl sites for hydroxylation is 1. The highest BCUT2D eigenvalue weighted by Crippen LogP contribution is 2.18. The minimum absolute atomic E-state index is 0.251. The molecule has 0 aliphatic heterocycles. The summed E-state index contributed by atoms with van der Waals surface area (Å²) in [6, 6.07) is 3.21. The smallest absolute Gasteiger partial charge is 0.275 e. The van der Waals surface area contributed by atoms with Crippen molar-refractivity contribution < 1.29 is 0 Å². The summed E-state index contributed by atoms with van der Waals surface area (Å²) in [7, 11) is 1.79. The lowest BCUT2D eigenvalue weighted by Crippen LogP contribution is -2.14. The van der Waals surface area contributed by atoms with Gasteiger partial charge in [-0.3, -0.25) is 9.48 Å². The van der Waals surface area contributed by atoms with Crippen LogP contribution in [0.1, 0.15) is 0 Å². The standard InChI is InChI=1S/C9H8N6OS/c1-14-6(2-3-11-14)5-4-7(16)15-9(12-5)17-8(10)13-15/h2-4H,1H3,(H2,10,13). The predicted molar refractivity (Wildman–Crippen MR) is 63.7 cm³/mol. The number of fused-ring (bicyclic) bond motifs is 1. The molecular weight excluding hydrogens is 240 g/mol. The Hall–Kier alpha value is -2.22. The summed E-state index contributed by atoms with van der Waals surface area (Å²) < 4.78 is 2.85. The molecule has 7 nitrogen and oxygen atoms in total. The SMILES string of the molecule is Cn1nccc1-c1cc(=O)n2nc(N)sc2n1. The minimum atomic E-state index is -0.251. The van der Waals surface area contributed by atoms with Gasteiger partial charge < -0.3 is 5.73 Å². The molecule has 3 rings (SSSR count). The van der Waals surface area contributed by atoms with E-state index in [1.54, 1.807) is 24.0 Å². The summed E-state index contributed by atoms with van der Waals surface area (Å²) in [5.41, 5.74) is 6.64. The number of hydrogen-bond donors (Lipinski definition) is 1. The minimum Gasteiger partial charge on any atom is -0.374 e. The van der Waals surface area contributed by atoms with Crippen LogP contribution in [0.4, 0.5) is 5.13 Å². The third-order valence-corrected chi connectivity index (χ3v) is 3.08. The lowest BCUT2D eigenvalue weighted by atomic mass is 10.3. The maximum Gasteiger partial charge on any atom is 0.275 e. The number of nitrogens with two attached hydrogens (primary N) is 1. The van der Waals surface area contributed by atoms with Crippen molar-refractivity contribution in [3.05, 3.63) is 28.7 Å². The fourth-order valence-electron chi connectivity index (χ4n) is 1.58. The van der Waals surface area contributed by atoms with Crippen molar-refractivity contribution in [3.8, 4) is 11.4 Å². The van der Waals surface area contributed by atoms with E-state index in [2.05, 4.69) is 15.2 Å². The first-order chi connectivity index (χ1) is 8.15. The van der Waals surface area contributed by atoms with Gasteiger partial charge in [-0.15, -0.1) is 5.10 Å². The van der Waals surface area contributed by atoms with E-state index in [0.29, 0.717) is 15.8 Å². The van der Waals surface area contributed by atoms with E-state index in [0.717, 1.165) is 5.69 Å². The molecule has 3 aromatic rings. The second kappa shape index (κ2) is 3.39. The second-order valence-electron chi connectivity index (χ2n) is 3.45. The Morgan fingerprint density at radius 3 is 3.00 bits per heavy atom. The number of hydrogen-bond acceptors (Lipinski definition) is 6. The van der Waals surface area contributed by atoms with Crippen molar-refractivity contribution in [2.75, 3.05) is 5.73 Å². The van der Waals surface area contributed by atoms with Gasteiger partial charge in [0.2, 0.25) is 10.1 Å². The molecule has 3 aromatic heterocycles. The van der Waals surface area contributed by atoms with Crippen LogP contribution in [0.3, 0.4) is 0 Å². The summed E-state index contributed by atoms with van der Waals surface area (Å²) in [4.78, 5) is 16.6. The summed E-state index contributed by atoms with van der Waals surface area (Å²) in [6.07, 6.45) is 1.65. The number of aromatic nitrogens is 5. The molecule has 2 N–H and O–H groups in total. The van der Waals surface area contributed by atoms with Gasteiger partial charge >= 0.3 is 0 Å². The zero-order chi connectivity index (χ0) is 12.0. The highest BCUT2D eigenvalue weighted by molar-refractivity contribution is 7.20. The van der Waals surface area contributed by atoms with Crippen LogP contribution in [-0.2, 0) is 7.05 Å². The Morgan fingerprint density at radius 2 is 2.29 bits per heavy atom. The molecule has 86 valence electrons. The van der Waals surface area contributed by atoms with Gasteiger partial charge in [-0.25, -0.2) is 4.98 Å². The molecule has 0 unspecified atom stereocenters. The average molecular weight is 248 g/mol. The van der Waals surface area contributed by atoms with Gasteiger partial charge in [-0.2, -0.15) is 9.61 Å². The molecule has 0 saturated carbocycles. The van der Waals surface area contributed by atoms with Gasteiger partial charge in [0.1, 0.15) is 0 Å². The second-order valence-corrected chi connectivity index (χ2v) is 4.44. The van der Waals surface area contributed by atoms with E-state index in [1.165, 1.54) is 21.9 Å². The van der Waals surface area contributed by atoms with Crippen LogP contribution in [-0.4, -0.2) is 24.4 Å². The molecule has 0 spiro atoms. The van der Waals surface area contributed by atoms with Crippen molar-refractivity contribution in [3.63, 3.8) is 0 Å². The number of nitrogens with zero attached hydrogens (tertiary/aromatic N) is 5. The molecule has 0 aromatic carbocycles. The molecule has 17 heavy (non-hydrogen) atoms. The molecule has 3 heterocycles. The predicted octanol–water partition coefficient (Wildman–Crippen LogP) is 0.134. The first kappa shape index (κ1) is 9.97. The fourth-order valence-corrected chi connectivity index (χ4v) is 2.25. The van der Waals surface area contributed by atoms with Gasteiger partial charge in [0.05, 0.1) is 11.4 Å². The van der Waals surface area contributed by atoms with Crippen molar-refractivity contribution >= 4 is 21.4 Å². The van der Waals surface area contributed by atoms with E-state index in [1.807, 2.05) is 0 Å². The molecule has 0 bridgehead atoms. The highest BCUT2D eigenvalue weighted by Gasteiger charge is 2.10. The van der Waals surface area contributed by atoms with Crippen LogP contribution in [0.25, 0.3) is 16.3 Å². The van der Waals surface area contributed by atoms with E-state index in [-0.39, 0.29) is 5.56 Å². The van der Waals surface area contributed by atoms with Crippen molar-refractivity contribution in [1.29, 1.82) is 0 Å². The third kappa shape index (κ3) is 1.49. The van der Waals surface area contributed by atoms with Crippen molar-refractivity contribution in [2.45, 2.75) is 0 Å². The topological polar surface area (TPSA) is 91.1 Å². The fraction of sp³-hybridized carbons (Fsp3) is 0.111. The maximum absolute atomic E-state index is 11.8. The summed E-state index contributed by atoms with van der Waals surface area (Å²) in [6.45, 7) is 0. The van der Waals surface area contributed by atoms with Crippen LogP contribution >= 0.6 is 11.3 Å². The lowest BCUT2D eigenvalue weighted by Gasteiger charge is -2.00. The van der Waals surface area contributed by atoms with E-state index in [9.17, 15) is 4.79 Å². The number of anilines is 1.